The largest absolute Gasteiger partial charge is 0.456 e. The average Bonchev–Trinajstić information content (AvgIpc) is 3.36. The third-order valence-electron chi connectivity index (χ3n) is 6.93. The number of hydrogen-bond donors (Lipinski definition) is 5. The highest BCUT2D eigenvalue weighted by Gasteiger charge is 2.34. The molecule has 0 fully saturated rings. The molecule has 0 amide bonds. The second-order valence-corrected chi connectivity index (χ2v) is 11.6. The van der Waals surface area contributed by atoms with Crippen LogP contribution < -0.4 is 0 Å². The zero-order valence-electron chi connectivity index (χ0n) is 24.1. The minimum absolute atomic E-state index is 0.0896. The fraction of sp³-hybridized carbons (Fsp3) is 0.548. The summed E-state index contributed by atoms with van der Waals surface area (Å²) in [5.41, 5.74) is 2.94. The lowest BCUT2D eigenvalue weighted by Crippen LogP contribution is -2.44. The molecule has 1 aliphatic rings. The van der Waals surface area contributed by atoms with E-state index in [-0.39, 0.29) is 37.4 Å². The van der Waals surface area contributed by atoms with Gasteiger partial charge in [-0.05, 0) is 59.0 Å². The van der Waals surface area contributed by atoms with E-state index in [0.717, 1.165) is 11.1 Å². The van der Waals surface area contributed by atoms with Crippen molar-refractivity contribution in [2.24, 2.45) is 5.92 Å². The number of hydrogen-bond acceptors (Lipinski definition) is 9. The van der Waals surface area contributed by atoms with Crippen LogP contribution in [0.3, 0.4) is 0 Å². The van der Waals surface area contributed by atoms with Gasteiger partial charge in [0, 0.05) is 23.3 Å². The van der Waals surface area contributed by atoms with E-state index >= 15 is 0 Å². The molecule has 0 radical (unpaired) electrons. The molecule has 9 heteroatoms. The van der Waals surface area contributed by atoms with Gasteiger partial charge in [0.25, 0.3) is 0 Å². The van der Waals surface area contributed by atoms with E-state index in [4.69, 9.17) is 4.74 Å². The van der Waals surface area contributed by atoms with Crippen LogP contribution in [-0.4, -0.2) is 73.6 Å². The van der Waals surface area contributed by atoms with Gasteiger partial charge in [-0.1, -0.05) is 54.5 Å². The molecule has 0 spiro atoms. The number of fused-ring (bicyclic) bond motifs is 2. The quantitative estimate of drug-likeness (QED) is 0.260. The fourth-order valence-electron chi connectivity index (χ4n) is 4.61. The Hall–Kier alpha value is -2.40. The monoisotopic (exact) mass is 575 g/mol. The van der Waals surface area contributed by atoms with Gasteiger partial charge in [-0.15, -0.1) is 11.3 Å². The maximum Gasteiger partial charge on any atom is 0.334 e. The first-order valence-electron chi connectivity index (χ1n) is 13.8. The second kappa shape index (κ2) is 16.8. The number of aliphatic hydroxyl groups excluding tert-OH is 5. The molecule has 7 atom stereocenters. The van der Waals surface area contributed by atoms with Crippen LogP contribution in [-0.2, 0) is 9.53 Å². The van der Waals surface area contributed by atoms with Crippen molar-refractivity contribution in [2.75, 3.05) is 6.61 Å². The SMILES string of the molecule is C/C=C(C)/C=C(\C)CC(C)C1OC(=O)/C(C)=C/c2csc(n2)C(CO)CC(O)CC(O)/C=C/C=C\CC(O)C1O. The Balaban J connectivity index is 2.40. The van der Waals surface area contributed by atoms with Crippen LogP contribution in [0.5, 0.6) is 0 Å². The third-order valence-corrected chi connectivity index (χ3v) is 7.96. The lowest BCUT2D eigenvalue weighted by molar-refractivity contribution is -0.160. The Morgan fingerprint density at radius 1 is 1.20 bits per heavy atom. The molecule has 0 aromatic carbocycles. The number of aliphatic hydroxyl groups is 5. The molecule has 2 rings (SSSR count). The van der Waals surface area contributed by atoms with E-state index in [1.54, 1.807) is 36.6 Å². The smallest absolute Gasteiger partial charge is 0.334 e. The zero-order valence-corrected chi connectivity index (χ0v) is 24.9. The highest BCUT2D eigenvalue weighted by molar-refractivity contribution is 7.09. The molecule has 5 N–H and O–H groups in total. The van der Waals surface area contributed by atoms with Crippen molar-refractivity contribution < 1.29 is 35.1 Å². The highest BCUT2D eigenvalue weighted by atomic mass is 32.1. The van der Waals surface area contributed by atoms with E-state index in [0.29, 0.717) is 17.1 Å². The molecular formula is C31H45NO7S. The average molecular weight is 576 g/mol. The van der Waals surface area contributed by atoms with Gasteiger partial charge < -0.3 is 30.3 Å². The molecule has 1 aromatic heterocycles. The van der Waals surface area contributed by atoms with Gasteiger partial charge in [-0.25, -0.2) is 9.78 Å². The predicted molar refractivity (Wildman–Crippen MR) is 159 cm³/mol. The van der Waals surface area contributed by atoms with Gasteiger partial charge in [-0.2, -0.15) is 0 Å². The summed E-state index contributed by atoms with van der Waals surface area (Å²) in [6, 6.07) is 0. The third kappa shape index (κ3) is 10.9. The number of allylic oxidation sites excluding steroid dienone is 6. The Kier molecular flexibility index (Phi) is 14.2. The fourth-order valence-corrected chi connectivity index (χ4v) is 5.50. The van der Waals surface area contributed by atoms with Crippen LogP contribution in [0.15, 0.2) is 58.6 Å². The lowest BCUT2D eigenvalue weighted by Gasteiger charge is -2.31. The first kappa shape index (κ1) is 33.8. The van der Waals surface area contributed by atoms with Crippen molar-refractivity contribution in [1.29, 1.82) is 0 Å². The van der Waals surface area contributed by atoms with E-state index in [2.05, 4.69) is 4.98 Å². The Morgan fingerprint density at radius 2 is 1.93 bits per heavy atom. The van der Waals surface area contributed by atoms with Crippen LogP contribution >= 0.6 is 11.3 Å². The number of carbonyl (C=O) groups excluding carboxylic acids is 1. The molecule has 2 heterocycles. The maximum atomic E-state index is 13.1. The Labute approximate surface area is 241 Å². The van der Waals surface area contributed by atoms with Crippen LogP contribution in [0.25, 0.3) is 6.08 Å². The van der Waals surface area contributed by atoms with Crippen molar-refractivity contribution in [3.63, 3.8) is 0 Å². The molecule has 222 valence electrons. The highest BCUT2D eigenvalue weighted by Crippen LogP contribution is 2.28. The molecule has 0 saturated carbocycles. The summed E-state index contributed by atoms with van der Waals surface area (Å²) in [5.74, 6) is -1.33. The second-order valence-electron chi connectivity index (χ2n) is 10.7. The number of carbonyl (C=O) groups is 1. The summed E-state index contributed by atoms with van der Waals surface area (Å²) in [5, 5.41) is 54.8. The van der Waals surface area contributed by atoms with Gasteiger partial charge in [0.1, 0.15) is 12.2 Å². The van der Waals surface area contributed by atoms with Crippen molar-refractivity contribution >= 4 is 23.4 Å². The predicted octanol–water partition coefficient (Wildman–Crippen LogP) is 4.21. The van der Waals surface area contributed by atoms with Gasteiger partial charge in [0.2, 0.25) is 0 Å². The van der Waals surface area contributed by atoms with Crippen LogP contribution in [0.2, 0.25) is 0 Å². The van der Waals surface area contributed by atoms with E-state index in [1.807, 2.05) is 39.8 Å². The standard InChI is InChI=1S/C31H45NO7S/c1-6-19(2)12-20(3)13-21(4)29-28(37)27(36)11-9-7-8-10-25(34)16-26(35)15-23(17-33)30-32-24(18-40-30)14-22(5)31(38)39-29/h6-10,12,14,18,21,23,25-29,33-37H,11,13,15-17H2,1-5H3/b9-7-,10-8+,19-6+,20-12+,22-14+. The minimum Gasteiger partial charge on any atom is -0.456 e. The molecule has 8 nitrogen and oxygen atoms in total. The van der Waals surface area contributed by atoms with Crippen molar-refractivity contribution in [2.45, 2.75) is 96.7 Å². The molecule has 40 heavy (non-hydrogen) atoms. The van der Waals surface area contributed by atoms with Gasteiger partial charge in [-0.3, -0.25) is 0 Å². The number of ether oxygens (including phenoxy) is 1. The van der Waals surface area contributed by atoms with Gasteiger partial charge >= 0.3 is 5.97 Å². The molecule has 1 aliphatic heterocycles. The van der Waals surface area contributed by atoms with E-state index < -0.39 is 42.4 Å². The summed E-state index contributed by atoms with van der Waals surface area (Å²) in [4.78, 5) is 17.7. The molecular weight excluding hydrogens is 530 g/mol. The van der Waals surface area contributed by atoms with Crippen LogP contribution in [0.1, 0.15) is 76.9 Å². The maximum absolute atomic E-state index is 13.1. The van der Waals surface area contributed by atoms with Gasteiger partial charge in [0.15, 0.2) is 0 Å². The normalized spacial score (nSPS) is 31.9. The van der Waals surface area contributed by atoms with Crippen LogP contribution in [0.4, 0.5) is 0 Å². The molecule has 2 bridgehead atoms. The van der Waals surface area contributed by atoms with Crippen molar-refractivity contribution in [1.82, 2.24) is 4.98 Å². The Morgan fingerprint density at radius 3 is 2.60 bits per heavy atom. The molecule has 0 aliphatic carbocycles. The van der Waals surface area contributed by atoms with Crippen LogP contribution in [0, 0.1) is 5.92 Å². The summed E-state index contributed by atoms with van der Waals surface area (Å²) >= 11 is 1.31. The summed E-state index contributed by atoms with van der Waals surface area (Å²) in [6.45, 7) is 9.19. The summed E-state index contributed by atoms with van der Waals surface area (Å²) in [6.07, 6.45) is 7.76. The van der Waals surface area contributed by atoms with Crippen molar-refractivity contribution in [3.05, 3.63) is 69.3 Å². The van der Waals surface area contributed by atoms with Crippen molar-refractivity contribution in [3.8, 4) is 0 Å². The number of rotatable bonds is 5. The summed E-state index contributed by atoms with van der Waals surface area (Å²) < 4.78 is 5.81. The first-order valence-corrected chi connectivity index (χ1v) is 14.6. The number of cyclic esters (lactones) is 1. The zero-order chi connectivity index (χ0) is 29.8. The minimum atomic E-state index is -1.33. The lowest BCUT2D eigenvalue weighted by atomic mass is 9.89. The van der Waals surface area contributed by atoms with E-state index in [9.17, 15) is 30.3 Å². The molecule has 7 unspecified atom stereocenters. The molecule has 0 saturated heterocycles. The number of thiazole rings is 1. The number of nitrogens with zero attached hydrogens (tertiary/aromatic N) is 1. The Bertz CT molecular complexity index is 1100. The number of esters is 1. The molecule has 1 aromatic rings. The first-order chi connectivity index (χ1) is 18.9. The number of aromatic nitrogens is 1. The summed E-state index contributed by atoms with van der Waals surface area (Å²) in [7, 11) is 0. The van der Waals surface area contributed by atoms with E-state index in [1.165, 1.54) is 17.4 Å². The topological polar surface area (TPSA) is 140 Å². The van der Waals surface area contributed by atoms with Gasteiger partial charge in [0.05, 0.1) is 35.6 Å².